The van der Waals surface area contributed by atoms with E-state index in [0.717, 1.165) is 0 Å². The van der Waals surface area contributed by atoms with Crippen LogP contribution in [0.1, 0.15) is 15.9 Å². The van der Waals surface area contributed by atoms with E-state index in [2.05, 4.69) is 10.4 Å². The molecule has 1 aromatic carbocycles. The first-order valence-electron chi connectivity index (χ1n) is 5.22. The zero-order valence-electron chi connectivity index (χ0n) is 9.82. The topological polar surface area (TPSA) is 70.7 Å². The highest BCUT2D eigenvalue weighted by molar-refractivity contribution is 6.44. The minimum Gasteiger partial charge on any atom is -0.306 e. The van der Waals surface area contributed by atoms with Crippen LogP contribution >= 0.6 is 23.2 Å². The molecule has 7 heteroatoms. The zero-order chi connectivity index (χ0) is 14.0. The van der Waals surface area contributed by atoms with Gasteiger partial charge in [0.15, 0.2) is 0 Å². The predicted molar refractivity (Wildman–Crippen MR) is 72.3 cm³/mol. The third-order valence-corrected chi connectivity index (χ3v) is 3.31. The van der Waals surface area contributed by atoms with Crippen LogP contribution in [-0.4, -0.2) is 15.7 Å². The van der Waals surface area contributed by atoms with Crippen molar-refractivity contribution in [2.24, 2.45) is 7.05 Å². The molecule has 0 radical (unpaired) electrons. The van der Waals surface area contributed by atoms with Gasteiger partial charge in [0.25, 0.3) is 5.91 Å². The number of nitrogens with zero attached hydrogens (tertiary/aromatic N) is 3. The maximum Gasteiger partial charge on any atom is 0.258 e. The van der Waals surface area contributed by atoms with Crippen LogP contribution in [0, 0.1) is 11.3 Å². The Kier molecular flexibility index (Phi) is 3.74. The summed E-state index contributed by atoms with van der Waals surface area (Å²) in [5.74, 6) is -0.142. The fraction of sp³-hybridized carbons (Fsp3) is 0.0833. The van der Waals surface area contributed by atoms with Gasteiger partial charge in [0.2, 0.25) is 0 Å². The van der Waals surface area contributed by atoms with Gasteiger partial charge in [-0.15, -0.1) is 0 Å². The van der Waals surface area contributed by atoms with E-state index < -0.39 is 5.91 Å². The summed E-state index contributed by atoms with van der Waals surface area (Å²) in [5.41, 5.74) is 0.508. The third-order valence-electron chi connectivity index (χ3n) is 2.49. The Morgan fingerprint density at radius 2 is 2.21 bits per heavy atom. The number of benzene rings is 1. The smallest absolute Gasteiger partial charge is 0.258 e. The molecule has 0 fully saturated rings. The van der Waals surface area contributed by atoms with Gasteiger partial charge >= 0.3 is 0 Å². The van der Waals surface area contributed by atoms with Crippen molar-refractivity contribution in [2.45, 2.75) is 0 Å². The van der Waals surface area contributed by atoms with Crippen molar-refractivity contribution in [1.82, 2.24) is 9.78 Å². The number of anilines is 1. The van der Waals surface area contributed by atoms with Crippen molar-refractivity contribution in [2.75, 3.05) is 5.32 Å². The highest BCUT2D eigenvalue weighted by atomic mass is 35.5. The lowest BCUT2D eigenvalue weighted by molar-refractivity contribution is 0.102. The molecule has 1 amide bonds. The Balaban J connectivity index is 2.34. The molecule has 2 aromatic rings. The summed E-state index contributed by atoms with van der Waals surface area (Å²) in [6.07, 6.45) is 1.37. The summed E-state index contributed by atoms with van der Waals surface area (Å²) in [6.45, 7) is 0. The highest BCUT2D eigenvalue weighted by Gasteiger charge is 2.16. The number of rotatable bonds is 2. The molecular weight excluding hydrogens is 287 g/mol. The lowest BCUT2D eigenvalue weighted by atomic mass is 10.2. The summed E-state index contributed by atoms with van der Waals surface area (Å²) in [6, 6.07) is 6.70. The van der Waals surface area contributed by atoms with Gasteiger partial charge < -0.3 is 5.32 Å². The molecule has 0 atom stereocenters. The first-order valence-corrected chi connectivity index (χ1v) is 5.97. The van der Waals surface area contributed by atoms with E-state index >= 15 is 0 Å². The zero-order valence-corrected chi connectivity index (χ0v) is 11.3. The number of nitrogens with one attached hydrogen (secondary N) is 1. The molecule has 96 valence electrons. The molecule has 2 rings (SSSR count). The molecule has 0 saturated carbocycles. The van der Waals surface area contributed by atoms with Crippen LogP contribution in [0.3, 0.4) is 0 Å². The van der Waals surface area contributed by atoms with E-state index in [9.17, 15) is 4.79 Å². The monoisotopic (exact) mass is 294 g/mol. The first-order chi connectivity index (χ1) is 9.04. The van der Waals surface area contributed by atoms with Gasteiger partial charge in [-0.3, -0.25) is 9.48 Å². The summed E-state index contributed by atoms with van der Waals surface area (Å²) in [7, 11) is 1.62. The fourth-order valence-electron chi connectivity index (χ4n) is 1.52. The Bertz CT molecular complexity index is 688. The fourth-order valence-corrected chi connectivity index (χ4v) is 1.91. The van der Waals surface area contributed by atoms with Crippen LogP contribution in [0.4, 0.5) is 5.82 Å². The quantitative estimate of drug-likeness (QED) is 0.926. The van der Waals surface area contributed by atoms with Crippen LogP contribution < -0.4 is 5.32 Å². The normalized spacial score (nSPS) is 10.0. The number of carbonyl (C=O) groups is 1. The van der Waals surface area contributed by atoms with Crippen LogP contribution in [0.25, 0.3) is 0 Å². The molecule has 0 unspecified atom stereocenters. The Hall–Kier alpha value is -2.03. The summed E-state index contributed by atoms with van der Waals surface area (Å²) in [4.78, 5) is 12.1. The number of hydrogen-bond acceptors (Lipinski definition) is 3. The van der Waals surface area contributed by atoms with E-state index in [-0.39, 0.29) is 16.1 Å². The molecule has 19 heavy (non-hydrogen) atoms. The van der Waals surface area contributed by atoms with Crippen molar-refractivity contribution in [3.63, 3.8) is 0 Å². The van der Waals surface area contributed by atoms with Crippen LogP contribution in [0.2, 0.25) is 10.0 Å². The molecule has 0 aliphatic heterocycles. The average Bonchev–Trinajstić information content (AvgIpc) is 2.74. The molecule has 1 aromatic heterocycles. The average molecular weight is 295 g/mol. The molecule has 0 bridgehead atoms. The standard InChI is InChI=1S/C12H8Cl2N4O/c1-18-11(7(5-15)6-16-18)17-12(19)8-3-2-4-9(13)10(8)14/h2-4,6H,1H3,(H,17,19). The molecule has 1 N–H and O–H groups in total. The number of amides is 1. The molecular formula is C12H8Cl2N4O. The minimum atomic E-state index is -0.451. The van der Waals surface area contributed by atoms with Crippen LogP contribution in [-0.2, 0) is 7.05 Å². The van der Waals surface area contributed by atoms with Crippen molar-refractivity contribution in [3.8, 4) is 6.07 Å². The summed E-state index contributed by atoms with van der Waals surface area (Å²) in [5, 5.41) is 15.9. The molecule has 5 nitrogen and oxygen atoms in total. The first kappa shape index (κ1) is 13.4. The van der Waals surface area contributed by atoms with E-state index in [1.54, 1.807) is 25.2 Å². The van der Waals surface area contributed by atoms with Gasteiger partial charge in [0, 0.05) is 7.05 Å². The van der Waals surface area contributed by atoms with Gasteiger partial charge in [-0.25, -0.2) is 0 Å². The number of hydrogen-bond donors (Lipinski definition) is 1. The Morgan fingerprint density at radius 1 is 1.47 bits per heavy atom. The lowest BCUT2D eigenvalue weighted by Crippen LogP contribution is -2.16. The second-order valence-electron chi connectivity index (χ2n) is 3.70. The number of aromatic nitrogens is 2. The SMILES string of the molecule is Cn1ncc(C#N)c1NC(=O)c1cccc(Cl)c1Cl. The second-order valence-corrected chi connectivity index (χ2v) is 4.48. The molecule has 0 spiro atoms. The van der Waals surface area contributed by atoms with Crippen LogP contribution in [0.5, 0.6) is 0 Å². The number of nitriles is 1. The predicted octanol–water partition coefficient (Wildman–Crippen LogP) is 2.85. The maximum absolute atomic E-state index is 12.1. The molecule has 0 saturated heterocycles. The second kappa shape index (κ2) is 5.31. The third kappa shape index (κ3) is 2.55. The molecule has 1 heterocycles. The Morgan fingerprint density at radius 3 is 2.89 bits per heavy atom. The van der Waals surface area contributed by atoms with Crippen molar-refractivity contribution >= 4 is 34.9 Å². The van der Waals surface area contributed by atoms with E-state index in [1.165, 1.54) is 10.9 Å². The van der Waals surface area contributed by atoms with E-state index in [4.69, 9.17) is 28.5 Å². The molecule has 0 aliphatic carbocycles. The number of carbonyl (C=O) groups excluding carboxylic acids is 1. The highest BCUT2D eigenvalue weighted by Crippen LogP contribution is 2.26. The molecule has 0 aliphatic rings. The summed E-state index contributed by atoms with van der Waals surface area (Å²) >= 11 is 11.8. The summed E-state index contributed by atoms with van der Waals surface area (Å²) < 4.78 is 1.40. The van der Waals surface area contributed by atoms with Crippen molar-refractivity contribution in [1.29, 1.82) is 5.26 Å². The Labute approximate surface area is 119 Å². The minimum absolute atomic E-state index is 0.169. The van der Waals surface area contributed by atoms with Gasteiger partial charge in [-0.2, -0.15) is 10.4 Å². The van der Waals surface area contributed by atoms with Gasteiger partial charge in [0.05, 0.1) is 21.8 Å². The lowest BCUT2D eigenvalue weighted by Gasteiger charge is -2.08. The van der Waals surface area contributed by atoms with E-state index in [0.29, 0.717) is 10.8 Å². The van der Waals surface area contributed by atoms with Gasteiger partial charge in [-0.1, -0.05) is 29.3 Å². The van der Waals surface area contributed by atoms with Crippen molar-refractivity contribution < 1.29 is 4.79 Å². The van der Waals surface area contributed by atoms with Gasteiger partial charge in [0.1, 0.15) is 17.5 Å². The maximum atomic E-state index is 12.1. The van der Waals surface area contributed by atoms with Crippen molar-refractivity contribution in [3.05, 3.63) is 45.6 Å². The van der Waals surface area contributed by atoms with Gasteiger partial charge in [-0.05, 0) is 12.1 Å². The number of aryl methyl sites for hydroxylation is 1. The largest absolute Gasteiger partial charge is 0.306 e. The van der Waals surface area contributed by atoms with Crippen LogP contribution in [0.15, 0.2) is 24.4 Å². The number of halogens is 2. The van der Waals surface area contributed by atoms with E-state index in [1.807, 2.05) is 6.07 Å².